The Bertz CT molecular complexity index is 599. The Hall–Kier alpha value is -2.27. The molecule has 0 fully saturated rings. The minimum Gasteiger partial charge on any atom is -0.481 e. The van der Waals surface area contributed by atoms with E-state index in [1.807, 2.05) is 0 Å². The highest BCUT2D eigenvalue weighted by Crippen LogP contribution is 2.15. The molecule has 5 nitrogen and oxygen atoms in total. The van der Waals surface area contributed by atoms with Crippen LogP contribution in [0.2, 0.25) is 5.02 Å². The molecule has 1 aromatic heterocycles. The highest BCUT2D eigenvalue weighted by Gasteiger charge is 2.13. The number of nitrogens with zero attached hydrogens (tertiary/aromatic N) is 1. The van der Waals surface area contributed by atoms with Gasteiger partial charge in [-0.25, -0.2) is 4.98 Å². The van der Waals surface area contributed by atoms with E-state index in [0.29, 0.717) is 16.6 Å². The molecule has 2 N–H and O–H groups in total. The number of methoxy groups -OCH3 is 1. The number of benzene rings is 1. The Morgan fingerprint density at radius 1 is 1.19 bits per heavy atom. The number of ether oxygens (including phenoxy) is 1. The van der Waals surface area contributed by atoms with Gasteiger partial charge < -0.3 is 15.4 Å². The molecule has 0 saturated carbocycles. The second-order valence-corrected chi connectivity index (χ2v) is 4.89. The maximum absolute atomic E-state index is 12.1. The van der Waals surface area contributed by atoms with Crippen LogP contribution in [0.25, 0.3) is 0 Å². The van der Waals surface area contributed by atoms with Gasteiger partial charge >= 0.3 is 0 Å². The van der Waals surface area contributed by atoms with Gasteiger partial charge in [-0.1, -0.05) is 11.6 Å². The summed E-state index contributed by atoms with van der Waals surface area (Å²) < 4.78 is 4.98. The van der Waals surface area contributed by atoms with Crippen LogP contribution in [0.4, 0.5) is 11.4 Å². The molecule has 1 amide bonds. The topological polar surface area (TPSA) is 63.2 Å². The lowest BCUT2D eigenvalue weighted by atomic mass is 10.2. The van der Waals surface area contributed by atoms with Crippen molar-refractivity contribution in [1.29, 1.82) is 0 Å². The molecule has 6 heteroatoms. The molecule has 0 aliphatic rings. The lowest BCUT2D eigenvalue weighted by molar-refractivity contribution is -0.116. The van der Waals surface area contributed by atoms with E-state index in [-0.39, 0.29) is 5.91 Å². The fourth-order valence-corrected chi connectivity index (χ4v) is 1.81. The molecule has 2 rings (SSSR count). The van der Waals surface area contributed by atoms with E-state index >= 15 is 0 Å². The summed E-state index contributed by atoms with van der Waals surface area (Å²) in [7, 11) is 1.55. The average molecular weight is 306 g/mol. The largest absolute Gasteiger partial charge is 0.481 e. The summed E-state index contributed by atoms with van der Waals surface area (Å²) in [6.07, 6.45) is 1.62. The van der Waals surface area contributed by atoms with Gasteiger partial charge in [-0.15, -0.1) is 0 Å². The summed E-state index contributed by atoms with van der Waals surface area (Å²) >= 11 is 5.80. The van der Waals surface area contributed by atoms with Crippen molar-refractivity contribution in [2.45, 2.75) is 13.0 Å². The molecule has 0 radical (unpaired) electrons. The van der Waals surface area contributed by atoms with E-state index in [0.717, 1.165) is 5.69 Å². The summed E-state index contributed by atoms with van der Waals surface area (Å²) in [5.41, 5.74) is 1.44. The third-order valence-electron chi connectivity index (χ3n) is 2.83. The van der Waals surface area contributed by atoms with Crippen molar-refractivity contribution in [3.63, 3.8) is 0 Å². The quantitative estimate of drug-likeness (QED) is 0.890. The van der Waals surface area contributed by atoms with Gasteiger partial charge in [0.2, 0.25) is 11.8 Å². The molecule has 2 aromatic rings. The Morgan fingerprint density at radius 3 is 2.43 bits per heavy atom. The lowest BCUT2D eigenvalue weighted by Gasteiger charge is -2.15. The van der Waals surface area contributed by atoms with Crippen molar-refractivity contribution in [3.8, 4) is 5.88 Å². The molecule has 0 aliphatic heterocycles. The molecular weight excluding hydrogens is 290 g/mol. The highest BCUT2D eigenvalue weighted by molar-refractivity contribution is 6.30. The molecule has 1 heterocycles. The summed E-state index contributed by atoms with van der Waals surface area (Å²) in [6.45, 7) is 1.77. The number of rotatable bonds is 5. The molecule has 0 saturated heterocycles. The number of carbonyl (C=O) groups excluding carboxylic acids is 1. The summed E-state index contributed by atoms with van der Waals surface area (Å²) in [5, 5.41) is 6.50. The first kappa shape index (κ1) is 15.1. The predicted molar refractivity (Wildman–Crippen MR) is 84.0 cm³/mol. The minimum atomic E-state index is -0.407. The number of anilines is 2. The van der Waals surface area contributed by atoms with Crippen LogP contribution in [0.1, 0.15) is 6.92 Å². The molecule has 0 spiro atoms. The van der Waals surface area contributed by atoms with Crippen molar-refractivity contribution in [3.05, 3.63) is 47.6 Å². The molecule has 0 bridgehead atoms. The van der Waals surface area contributed by atoms with Crippen molar-refractivity contribution in [1.82, 2.24) is 4.98 Å². The van der Waals surface area contributed by atoms with Gasteiger partial charge in [-0.3, -0.25) is 4.79 Å². The zero-order chi connectivity index (χ0) is 15.2. The second kappa shape index (κ2) is 6.95. The van der Waals surface area contributed by atoms with Crippen LogP contribution in [0.5, 0.6) is 5.88 Å². The van der Waals surface area contributed by atoms with E-state index in [1.54, 1.807) is 56.6 Å². The standard InChI is InChI=1S/C15H16ClN3O2/c1-10(18-13-7-8-14(21-2)17-9-13)15(20)19-12-5-3-11(16)4-6-12/h3-10,18H,1-2H3,(H,19,20). The summed E-state index contributed by atoms with van der Waals surface area (Å²) in [6, 6.07) is 10.1. The van der Waals surface area contributed by atoms with Crippen molar-refractivity contribution >= 4 is 28.9 Å². The Morgan fingerprint density at radius 2 is 1.86 bits per heavy atom. The zero-order valence-corrected chi connectivity index (χ0v) is 12.5. The Labute approximate surface area is 128 Å². The van der Waals surface area contributed by atoms with Gasteiger partial charge in [0, 0.05) is 16.8 Å². The van der Waals surface area contributed by atoms with Crippen LogP contribution < -0.4 is 15.4 Å². The van der Waals surface area contributed by atoms with Gasteiger partial charge in [0.25, 0.3) is 0 Å². The number of carbonyl (C=O) groups is 1. The molecule has 0 aliphatic carbocycles. The van der Waals surface area contributed by atoms with E-state index in [4.69, 9.17) is 16.3 Å². The maximum atomic E-state index is 12.1. The Balaban J connectivity index is 1.93. The SMILES string of the molecule is COc1ccc(NC(C)C(=O)Nc2ccc(Cl)cc2)cn1. The second-order valence-electron chi connectivity index (χ2n) is 4.45. The lowest BCUT2D eigenvalue weighted by Crippen LogP contribution is -2.31. The molecular formula is C15H16ClN3O2. The first-order valence-corrected chi connectivity index (χ1v) is 6.79. The first-order chi connectivity index (χ1) is 10.1. The number of hydrogen-bond donors (Lipinski definition) is 2. The minimum absolute atomic E-state index is 0.145. The fraction of sp³-hybridized carbons (Fsp3) is 0.200. The predicted octanol–water partition coefficient (Wildman–Crippen LogP) is 3.18. The van der Waals surface area contributed by atoms with Crippen molar-refractivity contribution in [2.75, 3.05) is 17.7 Å². The molecule has 1 unspecified atom stereocenters. The van der Waals surface area contributed by atoms with E-state index in [2.05, 4.69) is 15.6 Å². The third-order valence-corrected chi connectivity index (χ3v) is 3.09. The zero-order valence-electron chi connectivity index (χ0n) is 11.8. The normalized spacial score (nSPS) is 11.6. The maximum Gasteiger partial charge on any atom is 0.246 e. The molecule has 21 heavy (non-hydrogen) atoms. The third kappa shape index (κ3) is 4.36. The van der Waals surface area contributed by atoms with E-state index in [1.165, 1.54) is 0 Å². The molecule has 1 atom stereocenters. The van der Waals surface area contributed by atoms with E-state index < -0.39 is 6.04 Å². The molecule has 1 aromatic carbocycles. The van der Waals surface area contributed by atoms with Gasteiger partial charge in [-0.2, -0.15) is 0 Å². The van der Waals surface area contributed by atoms with E-state index in [9.17, 15) is 4.79 Å². The number of hydrogen-bond acceptors (Lipinski definition) is 4. The van der Waals surface area contributed by atoms with Gasteiger partial charge in [0.15, 0.2) is 0 Å². The van der Waals surface area contributed by atoms with Crippen LogP contribution in [0.3, 0.4) is 0 Å². The van der Waals surface area contributed by atoms with Gasteiger partial charge in [0.1, 0.15) is 6.04 Å². The van der Waals surface area contributed by atoms with Gasteiger partial charge in [-0.05, 0) is 37.3 Å². The van der Waals surface area contributed by atoms with Crippen molar-refractivity contribution < 1.29 is 9.53 Å². The van der Waals surface area contributed by atoms with Crippen LogP contribution >= 0.6 is 11.6 Å². The first-order valence-electron chi connectivity index (χ1n) is 6.41. The smallest absolute Gasteiger partial charge is 0.246 e. The van der Waals surface area contributed by atoms with Crippen LogP contribution in [0.15, 0.2) is 42.6 Å². The number of pyridine rings is 1. The van der Waals surface area contributed by atoms with Crippen LogP contribution in [0, 0.1) is 0 Å². The average Bonchev–Trinajstić information content (AvgIpc) is 2.50. The molecule has 110 valence electrons. The number of halogens is 1. The van der Waals surface area contributed by atoms with Gasteiger partial charge in [0.05, 0.1) is 19.0 Å². The van der Waals surface area contributed by atoms with Crippen LogP contribution in [-0.4, -0.2) is 24.0 Å². The monoisotopic (exact) mass is 305 g/mol. The fourth-order valence-electron chi connectivity index (χ4n) is 1.69. The number of aromatic nitrogens is 1. The van der Waals surface area contributed by atoms with Crippen LogP contribution in [-0.2, 0) is 4.79 Å². The number of nitrogens with one attached hydrogen (secondary N) is 2. The Kier molecular flexibility index (Phi) is 5.00. The highest BCUT2D eigenvalue weighted by atomic mass is 35.5. The summed E-state index contributed by atoms with van der Waals surface area (Å²) in [4.78, 5) is 16.1. The number of amides is 1. The summed E-state index contributed by atoms with van der Waals surface area (Å²) in [5.74, 6) is 0.381. The van der Waals surface area contributed by atoms with Crippen molar-refractivity contribution in [2.24, 2.45) is 0 Å².